The minimum Gasteiger partial charge on any atom is -0.369 e. The zero-order valence-corrected chi connectivity index (χ0v) is 11.1. The Morgan fingerprint density at radius 3 is 2.53 bits per heavy atom. The molecule has 0 aliphatic carbocycles. The number of hydrogen-bond donors (Lipinski definition) is 2. The SMILES string of the molecule is NC(=O)Cc1cccc(Nc2nc(Cl)nc(Cl)n2)c1. The van der Waals surface area contributed by atoms with Gasteiger partial charge in [0, 0.05) is 5.69 Å². The maximum absolute atomic E-state index is 10.9. The third-order valence-electron chi connectivity index (χ3n) is 2.14. The summed E-state index contributed by atoms with van der Waals surface area (Å²) in [5.74, 6) is -0.176. The largest absolute Gasteiger partial charge is 0.369 e. The van der Waals surface area contributed by atoms with Gasteiger partial charge in [-0.3, -0.25) is 4.79 Å². The molecule has 0 unspecified atom stereocenters. The second-order valence-electron chi connectivity index (χ2n) is 3.67. The summed E-state index contributed by atoms with van der Waals surface area (Å²) in [5, 5.41) is 2.91. The molecule has 0 aliphatic heterocycles. The van der Waals surface area contributed by atoms with E-state index in [1.165, 1.54) is 0 Å². The summed E-state index contributed by atoms with van der Waals surface area (Å²) in [6.07, 6.45) is 0.161. The number of nitrogens with zero attached hydrogens (tertiary/aromatic N) is 3. The highest BCUT2D eigenvalue weighted by molar-refractivity contribution is 6.31. The van der Waals surface area contributed by atoms with Crippen molar-refractivity contribution in [2.45, 2.75) is 6.42 Å². The minimum atomic E-state index is -0.400. The molecule has 0 bridgehead atoms. The molecule has 0 spiro atoms. The number of carbonyl (C=O) groups is 1. The van der Waals surface area contributed by atoms with E-state index in [0.717, 1.165) is 5.56 Å². The molecule has 0 fully saturated rings. The van der Waals surface area contributed by atoms with Crippen molar-refractivity contribution in [3.8, 4) is 0 Å². The lowest BCUT2D eigenvalue weighted by Gasteiger charge is -2.06. The highest BCUT2D eigenvalue weighted by Gasteiger charge is 2.05. The van der Waals surface area contributed by atoms with Gasteiger partial charge in [-0.05, 0) is 40.9 Å². The molecule has 8 heteroatoms. The number of nitrogens with one attached hydrogen (secondary N) is 1. The molecule has 6 nitrogen and oxygen atoms in total. The van der Waals surface area contributed by atoms with Crippen molar-refractivity contribution >= 4 is 40.7 Å². The lowest BCUT2D eigenvalue weighted by atomic mass is 10.1. The van der Waals surface area contributed by atoms with Crippen molar-refractivity contribution in [2.75, 3.05) is 5.32 Å². The van der Waals surface area contributed by atoms with Gasteiger partial charge >= 0.3 is 0 Å². The van der Waals surface area contributed by atoms with Crippen LogP contribution in [0.4, 0.5) is 11.6 Å². The third-order valence-corrected chi connectivity index (χ3v) is 2.48. The second kappa shape index (κ2) is 5.81. The van der Waals surface area contributed by atoms with E-state index in [0.29, 0.717) is 5.69 Å². The first-order chi connectivity index (χ1) is 9.02. The first-order valence-electron chi connectivity index (χ1n) is 5.24. The number of aromatic nitrogens is 3. The van der Waals surface area contributed by atoms with E-state index in [-0.39, 0.29) is 22.9 Å². The van der Waals surface area contributed by atoms with Crippen LogP contribution in [0.5, 0.6) is 0 Å². The number of hydrogen-bond acceptors (Lipinski definition) is 5. The van der Waals surface area contributed by atoms with Crippen LogP contribution in [0, 0.1) is 0 Å². The van der Waals surface area contributed by atoms with Gasteiger partial charge in [0.2, 0.25) is 22.4 Å². The highest BCUT2D eigenvalue weighted by Crippen LogP contribution is 2.17. The Morgan fingerprint density at radius 1 is 1.21 bits per heavy atom. The summed E-state index contributed by atoms with van der Waals surface area (Å²) < 4.78 is 0. The van der Waals surface area contributed by atoms with Crippen LogP contribution in [-0.2, 0) is 11.2 Å². The Labute approximate surface area is 119 Å². The van der Waals surface area contributed by atoms with Gasteiger partial charge in [-0.25, -0.2) is 0 Å². The Bertz CT molecular complexity index is 600. The summed E-state index contributed by atoms with van der Waals surface area (Å²) in [6.45, 7) is 0. The Hall–Kier alpha value is -1.92. The lowest BCUT2D eigenvalue weighted by Crippen LogP contribution is -2.13. The number of primary amides is 1. The van der Waals surface area contributed by atoms with Crippen molar-refractivity contribution in [1.29, 1.82) is 0 Å². The summed E-state index contributed by atoms with van der Waals surface area (Å²) in [4.78, 5) is 22.3. The van der Waals surface area contributed by atoms with Gasteiger partial charge in [0.05, 0.1) is 6.42 Å². The fourth-order valence-electron chi connectivity index (χ4n) is 1.47. The number of carbonyl (C=O) groups excluding carboxylic acids is 1. The van der Waals surface area contributed by atoms with Crippen LogP contribution in [0.1, 0.15) is 5.56 Å². The van der Waals surface area contributed by atoms with Gasteiger partial charge in [-0.15, -0.1) is 0 Å². The quantitative estimate of drug-likeness (QED) is 0.899. The summed E-state index contributed by atoms with van der Waals surface area (Å²) >= 11 is 11.3. The van der Waals surface area contributed by atoms with Crippen molar-refractivity contribution in [3.63, 3.8) is 0 Å². The zero-order chi connectivity index (χ0) is 13.8. The predicted octanol–water partition coefficient (Wildman–Crippen LogP) is 1.95. The molecule has 0 saturated carbocycles. The van der Waals surface area contributed by atoms with E-state index in [1.54, 1.807) is 24.3 Å². The molecule has 1 aromatic heterocycles. The molecule has 0 radical (unpaired) electrons. The minimum absolute atomic E-state index is 0.00390. The average Bonchev–Trinajstić information content (AvgIpc) is 2.26. The van der Waals surface area contributed by atoms with E-state index < -0.39 is 5.91 Å². The lowest BCUT2D eigenvalue weighted by molar-refractivity contribution is -0.117. The van der Waals surface area contributed by atoms with Gasteiger partial charge in [-0.2, -0.15) is 15.0 Å². The average molecular weight is 298 g/mol. The topological polar surface area (TPSA) is 93.8 Å². The molecule has 0 atom stereocenters. The van der Waals surface area contributed by atoms with Crippen LogP contribution in [0.15, 0.2) is 24.3 Å². The third kappa shape index (κ3) is 4.04. The van der Waals surface area contributed by atoms with Crippen LogP contribution in [-0.4, -0.2) is 20.9 Å². The van der Waals surface area contributed by atoms with Crippen molar-refractivity contribution in [2.24, 2.45) is 5.73 Å². The maximum atomic E-state index is 10.9. The fourth-order valence-corrected chi connectivity index (χ4v) is 1.83. The monoisotopic (exact) mass is 297 g/mol. The number of halogens is 2. The van der Waals surface area contributed by atoms with Crippen molar-refractivity contribution in [3.05, 3.63) is 40.4 Å². The molecule has 1 heterocycles. The molecular weight excluding hydrogens is 289 g/mol. The maximum Gasteiger partial charge on any atom is 0.232 e. The van der Waals surface area contributed by atoms with E-state index in [1.807, 2.05) is 0 Å². The number of anilines is 2. The molecule has 1 amide bonds. The normalized spacial score (nSPS) is 10.2. The van der Waals surface area contributed by atoms with Crippen molar-refractivity contribution in [1.82, 2.24) is 15.0 Å². The van der Waals surface area contributed by atoms with Crippen LogP contribution in [0.3, 0.4) is 0 Å². The number of benzene rings is 1. The second-order valence-corrected chi connectivity index (χ2v) is 4.34. The molecule has 3 N–H and O–H groups in total. The summed E-state index contributed by atoms with van der Waals surface area (Å²) in [7, 11) is 0. The molecule has 2 rings (SSSR count). The Balaban J connectivity index is 2.20. The first-order valence-corrected chi connectivity index (χ1v) is 6.00. The molecule has 0 aliphatic rings. The molecular formula is C11H9Cl2N5O. The van der Waals surface area contributed by atoms with Gasteiger partial charge < -0.3 is 11.1 Å². The molecule has 19 heavy (non-hydrogen) atoms. The molecule has 2 aromatic rings. The Kier molecular flexibility index (Phi) is 4.13. The zero-order valence-electron chi connectivity index (χ0n) is 9.60. The van der Waals surface area contributed by atoms with Gasteiger partial charge in [0.1, 0.15) is 0 Å². The van der Waals surface area contributed by atoms with Crippen LogP contribution < -0.4 is 11.1 Å². The highest BCUT2D eigenvalue weighted by atomic mass is 35.5. The van der Waals surface area contributed by atoms with E-state index in [2.05, 4.69) is 20.3 Å². The van der Waals surface area contributed by atoms with Gasteiger partial charge in [-0.1, -0.05) is 12.1 Å². The number of nitrogens with two attached hydrogens (primary N) is 1. The van der Waals surface area contributed by atoms with E-state index in [9.17, 15) is 4.79 Å². The van der Waals surface area contributed by atoms with E-state index in [4.69, 9.17) is 28.9 Å². The Morgan fingerprint density at radius 2 is 1.89 bits per heavy atom. The van der Waals surface area contributed by atoms with Gasteiger partial charge in [0.25, 0.3) is 0 Å². The number of amides is 1. The van der Waals surface area contributed by atoms with Crippen LogP contribution >= 0.6 is 23.2 Å². The summed E-state index contributed by atoms with van der Waals surface area (Å²) in [6, 6.07) is 7.13. The van der Waals surface area contributed by atoms with E-state index >= 15 is 0 Å². The van der Waals surface area contributed by atoms with Crippen LogP contribution in [0.25, 0.3) is 0 Å². The molecule has 0 saturated heterocycles. The predicted molar refractivity (Wildman–Crippen MR) is 72.5 cm³/mol. The first kappa shape index (κ1) is 13.5. The molecule has 1 aromatic carbocycles. The van der Waals surface area contributed by atoms with Crippen LogP contribution in [0.2, 0.25) is 10.6 Å². The van der Waals surface area contributed by atoms with Crippen molar-refractivity contribution < 1.29 is 4.79 Å². The number of rotatable bonds is 4. The van der Waals surface area contributed by atoms with Gasteiger partial charge in [0.15, 0.2) is 0 Å². The molecule has 98 valence electrons. The summed E-state index contributed by atoms with van der Waals surface area (Å²) in [5.41, 5.74) is 6.61. The standard InChI is InChI=1S/C11H9Cl2N5O/c12-9-16-10(13)18-11(17-9)15-7-3-1-2-6(4-7)5-8(14)19/h1-4H,5H2,(H2,14,19)(H,15,16,17,18). The fraction of sp³-hybridized carbons (Fsp3) is 0.0909. The smallest absolute Gasteiger partial charge is 0.232 e.